The minimum atomic E-state index is -2.82. The zero-order chi connectivity index (χ0) is 39.3. The van der Waals surface area contributed by atoms with E-state index in [1.165, 1.54) is 42.6 Å². The van der Waals surface area contributed by atoms with Gasteiger partial charge in [-0.25, -0.2) is 4.98 Å². The molecule has 3 aromatic heterocycles. The molecule has 0 saturated carbocycles. The summed E-state index contributed by atoms with van der Waals surface area (Å²) in [6.07, 6.45) is 1.88. The number of rotatable bonds is 7. The molecule has 0 aliphatic heterocycles. The number of hydrogen-bond acceptors (Lipinski definition) is 2. The van der Waals surface area contributed by atoms with Gasteiger partial charge in [-0.05, 0) is 69.1 Å². The predicted octanol–water partition coefficient (Wildman–Crippen LogP) is 10.9. The molecule has 0 radical (unpaired) electrons. The summed E-state index contributed by atoms with van der Waals surface area (Å²) in [7, 11) is -2.82. The fraction of sp³-hybridized carbons (Fsp3) is 0.0182. The van der Waals surface area contributed by atoms with Gasteiger partial charge in [0, 0.05) is 39.0 Å². The van der Waals surface area contributed by atoms with Crippen LogP contribution in [0.1, 0.15) is 5.56 Å². The van der Waals surface area contributed by atoms with Crippen molar-refractivity contribution in [1.29, 1.82) is 0 Å². The monoisotopic (exact) mass is 769 g/mol. The number of aryl methyl sites for hydroxylation is 1. The van der Waals surface area contributed by atoms with Gasteiger partial charge < -0.3 is 4.57 Å². The molecule has 3 heterocycles. The van der Waals surface area contributed by atoms with Crippen molar-refractivity contribution in [3.05, 3.63) is 224 Å². The van der Waals surface area contributed by atoms with Crippen molar-refractivity contribution in [3.8, 4) is 28.1 Å². The largest absolute Gasteiger partial charge is 0.309 e. The highest BCUT2D eigenvalue weighted by atomic mass is 28.3. The highest BCUT2D eigenvalue weighted by Crippen LogP contribution is 2.40. The lowest BCUT2D eigenvalue weighted by Gasteiger charge is -2.35. The normalized spacial score (nSPS) is 11.8. The summed E-state index contributed by atoms with van der Waals surface area (Å²) in [5.74, 6) is 0. The number of hydrogen-bond donors (Lipinski definition) is 0. The zero-order valence-electron chi connectivity index (χ0n) is 32.6. The smallest absolute Gasteiger partial charge is 0.179 e. The van der Waals surface area contributed by atoms with E-state index in [0.29, 0.717) is 0 Å². The van der Waals surface area contributed by atoms with Crippen molar-refractivity contribution in [1.82, 2.24) is 14.5 Å². The second-order valence-electron chi connectivity index (χ2n) is 15.4. The van der Waals surface area contributed by atoms with Crippen LogP contribution in [0.2, 0.25) is 0 Å². The molecule has 11 rings (SSSR count). The van der Waals surface area contributed by atoms with Crippen LogP contribution in [0.15, 0.2) is 219 Å². The first kappa shape index (κ1) is 34.8. The third-order valence-corrected chi connectivity index (χ3v) is 16.8. The van der Waals surface area contributed by atoms with Crippen LogP contribution >= 0.6 is 0 Å². The lowest BCUT2D eigenvalue weighted by molar-refractivity contribution is 1.18. The molecular weight excluding hydrogens is 731 g/mol. The third-order valence-electron chi connectivity index (χ3n) is 12.0. The first-order chi connectivity index (χ1) is 29.2. The average molecular weight is 770 g/mol. The van der Waals surface area contributed by atoms with Gasteiger partial charge in [-0.1, -0.05) is 188 Å². The highest BCUT2D eigenvalue weighted by Gasteiger charge is 2.41. The Hall–Kier alpha value is -7.40. The van der Waals surface area contributed by atoms with E-state index in [9.17, 15) is 0 Å². The second-order valence-corrected chi connectivity index (χ2v) is 19.2. The standard InChI is InChI=1S/C55H39N3Si/c1-38-17-13-26-44(35-38)59(42-22-7-3-8-23-42,43-24-9-4-10-25-43)45-27-14-18-40(36-45)50-37-51(57-54-47(50)33-32-39-19-16-34-56-53(39)54)49-30-15-29-48-46-28-11-12-31-52(46)58(55(48)49)41-20-5-2-6-21-41/h2-37H,1H3. The summed E-state index contributed by atoms with van der Waals surface area (Å²) in [4.78, 5) is 10.5. The molecule has 0 saturated heterocycles. The van der Waals surface area contributed by atoms with E-state index in [4.69, 9.17) is 9.97 Å². The Balaban J connectivity index is 1.23. The lowest BCUT2D eigenvalue weighted by Crippen LogP contribution is -2.74. The van der Waals surface area contributed by atoms with Gasteiger partial charge in [0.05, 0.1) is 27.8 Å². The molecule has 278 valence electrons. The van der Waals surface area contributed by atoms with E-state index in [-0.39, 0.29) is 0 Å². The fourth-order valence-corrected chi connectivity index (χ4v) is 14.3. The first-order valence-corrected chi connectivity index (χ1v) is 22.2. The molecule has 0 aliphatic rings. The lowest BCUT2D eigenvalue weighted by atomic mass is 9.96. The van der Waals surface area contributed by atoms with E-state index >= 15 is 0 Å². The molecule has 0 unspecified atom stereocenters. The molecular formula is C55H39N3Si. The molecule has 0 aliphatic carbocycles. The highest BCUT2D eigenvalue weighted by molar-refractivity contribution is 7.20. The van der Waals surface area contributed by atoms with Crippen LogP contribution in [-0.4, -0.2) is 22.6 Å². The van der Waals surface area contributed by atoms with Crippen LogP contribution in [-0.2, 0) is 0 Å². The van der Waals surface area contributed by atoms with Crippen molar-refractivity contribution in [2.75, 3.05) is 0 Å². The van der Waals surface area contributed by atoms with Crippen LogP contribution in [0, 0.1) is 6.92 Å². The minimum Gasteiger partial charge on any atom is -0.309 e. The molecule has 0 fully saturated rings. The van der Waals surface area contributed by atoms with Crippen LogP contribution in [0.5, 0.6) is 0 Å². The summed E-state index contributed by atoms with van der Waals surface area (Å²) < 4.78 is 2.40. The van der Waals surface area contributed by atoms with Gasteiger partial charge in [-0.3, -0.25) is 4.98 Å². The van der Waals surface area contributed by atoms with Crippen LogP contribution in [0.4, 0.5) is 0 Å². The molecule has 0 bridgehead atoms. The topological polar surface area (TPSA) is 30.7 Å². The average Bonchev–Trinajstić information content (AvgIpc) is 3.65. The summed E-state index contributed by atoms with van der Waals surface area (Å²) in [5.41, 5.74) is 10.7. The molecule has 8 aromatic carbocycles. The van der Waals surface area contributed by atoms with E-state index in [1.54, 1.807) is 0 Å². The Kier molecular flexibility index (Phi) is 8.38. The maximum absolute atomic E-state index is 5.57. The number of nitrogens with zero attached hydrogens (tertiary/aromatic N) is 3. The molecule has 0 spiro atoms. The van der Waals surface area contributed by atoms with Gasteiger partial charge in [-0.2, -0.15) is 0 Å². The zero-order valence-corrected chi connectivity index (χ0v) is 33.6. The maximum atomic E-state index is 5.57. The minimum absolute atomic E-state index is 0.897. The van der Waals surface area contributed by atoms with Crippen molar-refractivity contribution in [2.45, 2.75) is 6.92 Å². The van der Waals surface area contributed by atoms with Gasteiger partial charge in [-0.15, -0.1) is 0 Å². The number of aromatic nitrogens is 3. The fourth-order valence-electron chi connectivity index (χ4n) is 9.45. The van der Waals surface area contributed by atoms with E-state index in [2.05, 4.69) is 218 Å². The quantitative estimate of drug-likeness (QED) is 0.0918. The Morgan fingerprint density at radius 3 is 1.85 bits per heavy atom. The van der Waals surface area contributed by atoms with E-state index in [1.807, 2.05) is 12.3 Å². The Bertz CT molecular complexity index is 3300. The van der Waals surface area contributed by atoms with Gasteiger partial charge in [0.2, 0.25) is 0 Å². The van der Waals surface area contributed by atoms with Gasteiger partial charge in [0.1, 0.15) is 0 Å². The number of para-hydroxylation sites is 3. The van der Waals surface area contributed by atoms with E-state index < -0.39 is 8.07 Å². The van der Waals surface area contributed by atoms with Crippen LogP contribution in [0.25, 0.3) is 71.7 Å². The summed E-state index contributed by atoms with van der Waals surface area (Å²) >= 11 is 0. The molecule has 0 amide bonds. The summed E-state index contributed by atoms with van der Waals surface area (Å²) in [6.45, 7) is 2.20. The molecule has 4 heteroatoms. The van der Waals surface area contributed by atoms with Crippen molar-refractivity contribution < 1.29 is 0 Å². The van der Waals surface area contributed by atoms with Crippen LogP contribution in [0.3, 0.4) is 0 Å². The Labute approximate surface area is 344 Å². The van der Waals surface area contributed by atoms with Crippen molar-refractivity contribution in [2.24, 2.45) is 0 Å². The Morgan fingerprint density at radius 1 is 0.441 bits per heavy atom. The molecule has 3 nitrogen and oxygen atoms in total. The van der Waals surface area contributed by atoms with Gasteiger partial charge >= 0.3 is 0 Å². The number of fused-ring (bicyclic) bond motifs is 6. The molecule has 0 N–H and O–H groups in total. The third kappa shape index (κ3) is 5.64. The SMILES string of the molecule is Cc1cccc([Si](c2ccccc2)(c2ccccc2)c2cccc(-c3cc(-c4cccc5c6ccccc6n(-c6ccccc6)c45)nc4c3ccc3cccnc34)c2)c1. The second kappa shape index (κ2) is 14.2. The molecule has 59 heavy (non-hydrogen) atoms. The molecule has 11 aromatic rings. The predicted molar refractivity (Wildman–Crippen MR) is 251 cm³/mol. The Morgan fingerprint density at radius 2 is 1.08 bits per heavy atom. The summed E-state index contributed by atoms with van der Waals surface area (Å²) in [6, 6.07) is 77.8. The number of benzene rings is 8. The molecule has 0 atom stereocenters. The first-order valence-electron chi connectivity index (χ1n) is 20.2. The van der Waals surface area contributed by atoms with Crippen molar-refractivity contribution in [3.63, 3.8) is 0 Å². The van der Waals surface area contributed by atoms with Gasteiger partial charge in [0.25, 0.3) is 0 Å². The van der Waals surface area contributed by atoms with Gasteiger partial charge in [0.15, 0.2) is 8.07 Å². The summed E-state index contributed by atoms with van der Waals surface area (Å²) in [5, 5.41) is 9.96. The number of pyridine rings is 2. The maximum Gasteiger partial charge on any atom is 0.179 e. The van der Waals surface area contributed by atoms with Crippen LogP contribution < -0.4 is 20.7 Å². The van der Waals surface area contributed by atoms with Crippen molar-refractivity contribution >= 4 is 72.4 Å². The van der Waals surface area contributed by atoms with E-state index in [0.717, 1.165) is 55.4 Å².